The van der Waals surface area contributed by atoms with E-state index in [2.05, 4.69) is 30.1 Å². The second-order valence-electron chi connectivity index (χ2n) is 6.13. The van der Waals surface area contributed by atoms with Gasteiger partial charge in [0.15, 0.2) is 0 Å². The van der Waals surface area contributed by atoms with Gasteiger partial charge < -0.3 is 10.2 Å². The monoisotopic (exact) mass is 369 g/mol. The van der Waals surface area contributed by atoms with E-state index in [9.17, 15) is 13.2 Å². The second kappa shape index (κ2) is 9.77. The normalized spacial score (nSPS) is 11.6. The SMILES string of the molecule is CCCN(CCC(=O)Nc1ccc(N(CC)CC)cc1C)S(C)(=O)=O. The highest BCUT2D eigenvalue weighted by Gasteiger charge is 2.17. The van der Waals surface area contributed by atoms with Gasteiger partial charge in [-0.25, -0.2) is 12.7 Å². The summed E-state index contributed by atoms with van der Waals surface area (Å²) in [5.74, 6) is -0.177. The van der Waals surface area contributed by atoms with Crippen molar-refractivity contribution in [2.45, 2.75) is 40.5 Å². The maximum Gasteiger partial charge on any atom is 0.225 e. The quantitative estimate of drug-likeness (QED) is 0.688. The molecule has 0 fully saturated rings. The summed E-state index contributed by atoms with van der Waals surface area (Å²) in [6.45, 7) is 10.6. The summed E-state index contributed by atoms with van der Waals surface area (Å²) >= 11 is 0. The number of hydrogen-bond acceptors (Lipinski definition) is 4. The van der Waals surface area contributed by atoms with Crippen LogP contribution in [0.3, 0.4) is 0 Å². The van der Waals surface area contributed by atoms with Gasteiger partial charge in [0.05, 0.1) is 6.26 Å². The van der Waals surface area contributed by atoms with Crippen LogP contribution in [0, 0.1) is 6.92 Å². The van der Waals surface area contributed by atoms with Crippen molar-refractivity contribution in [1.82, 2.24) is 4.31 Å². The number of carbonyl (C=O) groups excluding carboxylic acids is 1. The maximum absolute atomic E-state index is 12.2. The van der Waals surface area contributed by atoms with Crippen molar-refractivity contribution in [3.05, 3.63) is 23.8 Å². The fraction of sp³-hybridized carbons (Fsp3) is 0.611. The Morgan fingerprint density at radius 3 is 2.24 bits per heavy atom. The molecule has 25 heavy (non-hydrogen) atoms. The van der Waals surface area contributed by atoms with Gasteiger partial charge in [-0.15, -0.1) is 0 Å². The van der Waals surface area contributed by atoms with Gasteiger partial charge in [0.1, 0.15) is 0 Å². The molecule has 1 N–H and O–H groups in total. The Hall–Kier alpha value is -1.60. The molecule has 0 spiro atoms. The number of rotatable bonds is 10. The molecule has 6 nitrogen and oxygen atoms in total. The van der Waals surface area contributed by atoms with E-state index in [0.717, 1.165) is 36.4 Å². The van der Waals surface area contributed by atoms with Crippen LogP contribution in [0.4, 0.5) is 11.4 Å². The van der Waals surface area contributed by atoms with Crippen molar-refractivity contribution in [3.63, 3.8) is 0 Å². The molecule has 0 saturated heterocycles. The zero-order chi connectivity index (χ0) is 19.0. The smallest absolute Gasteiger partial charge is 0.225 e. The fourth-order valence-corrected chi connectivity index (χ4v) is 3.64. The largest absolute Gasteiger partial charge is 0.372 e. The van der Waals surface area contributed by atoms with E-state index in [1.54, 1.807) is 0 Å². The Balaban J connectivity index is 2.71. The first-order valence-electron chi connectivity index (χ1n) is 8.83. The number of nitrogens with one attached hydrogen (secondary N) is 1. The standard InChI is InChI=1S/C18H31N3O3S/c1-6-12-21(25(5,23)24)13-11-18(22)19-17-10-9-16(14-15(17)4)20(7-2)8-3/h9-10,14H,6-8,11-13H2,1-5H3,(H,19,22). The Kier molecular flexibility index (Phi) is 8.38. The van der Waals surface area contributed by atoms with Crippen molar-refractivity contribution in [2.75, 3.05) is 42.7 Å². The minimum absolute atomic E-state index is 0.143. The first kappa shape index (κ1) is 21.4. The lowest BCUT2D eigenvalue weighted by molar-refractivity contribution is -0.116. The third-order valence-corrected chi connectivity index (χ3v) is 5.45. The van der Waals surface area contributed by atoms with E-state index >= 15 is 0 Å². The molecule has 1 amide bonds. The number of nitrogens with zero attached hydrogens (tertiary/aromatic N) is 2. The van der Waals surface area contributed by atoms with Crippen molar-refractivity contribution in [3.8, 4) is 0 Å². The number of benzene rings is 1. The summed E-state index contributed by atoms with van der Waals surface area (Å²) < 4.78 is 24.7. The van der Waals surface area contributed by atoms with Crippen LogP contribution < -0.4 is 10.2 Å². The van der Waals surface area contributed by atoms with E-state index < -0.39 is 10.0 Å². The van der Waals surface area contributed by atoms with Crippen LogP contribution >= 0.6 is 0 Å². The summed E-state index contributed by atoms with van der Waals surface area (Å²) in [6, 6.07) is 5.96. The summed E-state index contributed by atoms with van der Waals surface area (Å²) in [5, 5.41) is 2.88. The van der Waals surface area contributed by atoms with E-state index in [1.165, 1.54) is 10.6 Å². The van der Waals surface area contributed by atoms with Gasteiger partial charge in [0, 0.05) is 44.0 Å². The van der Waals surface area contributed by atoms with Crippen molar-refractivity contribution >= 4 is 27.3 Å². The molecule has 1 aromatic carbocycles. The number of sulfonamides is 1. The average Bonchev–Trinajstić information content (AvgIpc) is 2.54. The molecule has 0 radical (unpaired) electrons. The molecular formula is C18H31N3O3S. The molecule has 0 aliphatic heterocycles. The highest BCUT2D eigenvalue weighted by Crippen LogP contribution is 2.22. The Morgan fingerprint density at radius 2 is 1.76 bits per heavy atom. The topological polar surface area (TPSA) is 69.7 Å². The molecule has 0 atom stereocenters. The number of anilines is 2. The zero-order valence-corrected chi connectivity index (χ0v) is 16.8. The molecule has 0 saturated carbocycles. The predicted octanol–water partition coefficient (Wildman–Crippen LogP) is 2.84. The predicted molar refractivity (Wildman–Crippen MR) is 105 cm³/mol. The lowest BCUT2D eigenvalue weighted by Crippen LogP contribution is -2.33. The number of hydrogen-bond donors (Lipinski definition) is 1. The average molecular weight is 370 g/mol. The second-order valence-corrected chi connectivity index (χ2v) is 8.11. The molecule has 0 bridgehead atoms. The summed E-state index contributed by atoms with van der Waals surface area (Å²) in [4.78, 5) is 14.4. The number of amides is 1. The lowest BCUT2D eigenvalue weighted by atomic mass is 10.1. The fourth-order valence-electron chi connectivity index (χ4n) is 2.71. The minimum atomic E-state index is -3.28. The van der Waals surface area contributed by atoms with Gasteiger partial charge in [0.2, 0.25) is 15.9 Å². The first-order chi connectivity index (χ1) is 11.7. The van der Waals surface area contributed by atoms with Crippen LogP contribution in [0.25, 0.3) is 0 Å². The minimum Gasteiger partial charge on any atom is -0.372 e. The van der Waals surface area contributed by atoms with E-state index in [1.807, 2.05) is 26.0 Å². The highest BCUT2D eigenvalue weighted by atomic mass is 32.2. The highest BCUT2D eigenvalue weighted by molar-refractivity contribution is 7.88. The molecule has 7 heteroatoms. The molecule has 1 rings (SSSR count). The van der Waals surface area contributed by atoms with Gasteiger partial charge in [-0.1, -0.05) is 6.92 Å². The van der Waals surface area contributed by atoms with E-state index in [0.29, 0.717) is 6.54 Å². The van der Waals surface area contributed by atoms with Crippen LogP contribution in [0.15, 0.2) is 18.2 Å². The number of carbonyl (C=O) groups is 1. The van der Waals surface area contributed by atoms with Gasteiger partial charge in [-0.2, -0.15) is 0 Å². The maximum atomic E-state index is 12.2. The van der Waals surface area contributed by atoms with E-state index in [-0.39, 0.29) is 18.9 Å². The van der Waals surface area contributed by atoms with Gasteiger partial charge >= 0.3 is 0 Å². The zero-order valence-electron chi connectivity index (χ0n) is 16.0. The Morgan fingerprint density at radius 1 is 1.12 bits per heavy atom. The molecular weight excluding hydrogens is 338 g/mol. The molecule has 0 aromatic heterocycles. The van der Waals surface area contributed by atoms with Crippen molar-refractivity contribution < 1.29 is 13.2 Å². The lowest BCUT2D eigenvalue weighted by Gasteiger charge is -2.22. The van der Waals surface area contributed by atoms with Crippen LogP contribution in [0.1, 0.15) is 39.2 Å². The summed E-state index contributed by atoms with van der Waals surface area (Å²) in [6.07, 6.45) is 2.04. The van der Waals surface area contributed by atoms with Gasteiger partial charge in [-0.3, -0.25) is 4.79 Å². The Bertz CT molecular complexity index is 670. The van der Waals surface area contributed by atoms with Crippen LogP contribution in [-0.4, -0.2) is 51.1 Å². The summed E-state index contributed by atoms with van der Waals surface area (Å²) in [7, 11) is -3.28. The molecule has 142 valence electrons. The van der Waals surface area contributed by atoms with Crippen molar-refractivity contribution in [1.29, 1.82) is 0 Å². The van der Waals surface area contributed by atoms with E-state index in [4.69, 9.17) is 0 Å². The van der Waals surface area contributed by atoms with Crippen LogP contribution in [-0.2, 0) is 14.8 Å². The van der Waals surface area contributed by atoms with Gasteiger partial charge in [0.25, 0.3) is 0 Å². The number of aryl methyl sites for hydroxylation is 1. The molecule has 0 heterocycles. The summed E-state index contributed by atoms with van der Waals surface area (Å²) in [5.41, 5.74) is 2.89. The first-order valence-corrected chi connectivity index (χ1v) is 10.7. The molecule has 0 unspecified atom stereocenters. The Labute approximate surface area is 152 Å². The van der Waals surface area contributed by atoms with Crippen LogP contribution in [0.5, 0.6) is 0 Å². The van der Waals surface area contributed by atoms with Crippen molar-refractivity contribution in [2.24, 2.45) is 0 Å². The third kappa shape index (κ3) is 6.66. The molecule has 0 aliphatic rings. The third-order valence-electron chi connectivity index (χ3n) is 4.14. The van der Waals surface area contributed by atoms with Crippen LogP contribution in [0.2, 0.25) is 0 Å². The molecule has 0 aliphatic carbocycles. The molecule has 1 aromatic rings. The van der Waals surface area contributed by atoms with Gasteiger partial charge in [-0.05, 0) is 51.0 Å².